The predicted octanol–water partition coefficient (Wildman–Crippen LogP) is 4.59. The molecule has 2 rings (SSSR count). The normalized spacial score (nSPS) is 14.4. The van der Waals surface area contributed by atoms with E-state index >= 15 is 0 Å². The van der Waals surface area contributed by atoms with Gasteiger partial charge in [-0.2, -0.15) is 0 Å². The van der Waals surface area contributed by atoms with Gasteiger partial charge in [-0.1, -0.05) is 74.5 Å². The van der Waals surface area contributed by atoms with Gasteiger partial charge in [0.25, 0.3) is 0 Å². The number of hydrogen-bond acceptors (Lipinski definition) is 0. The zero-order valence-corrected chi connectivity index (χ0v) is 9.93. The monoisotopic (exact) mass is 210 g/mol. The Hall–Kier alpha value is -1.56. The molecule has 0 aromatic heterocycles. The minimum absolute atomic E-state index is 0.559. The van der Waals surface area contributed by atoms with E-state index in [1.54, 1.807) is 0 Å². The van der Waals surface area contributed by atoms with Gasteiger partial charge >= 0.3 is 0 Å². The summed E-state index contributed by atoms with van der Waals surface area (Å²) in [5.74, 6) is 1.12. The third kappa shape index (κ3) is 2.33. The van der Waals surface area contributed by atoms with Gasteiger partial charge in [0.1, 0.15) is 0 Å². The highest BCUT2D eigenvalue weighted by molar-refractivity contribution is 5.27. The lowest BCUT2D eigenvalue weighted by molar-refractivity contribution is 0.624. The second-order valence-electron chi connectivity index (χ2n) is 4.40. The minimum Gasteiger partial charge on any atom is -0.0622 e. The van der Waals surface area contributed by atoms with Crippen molar-refractivity contribution >= 4 is 0 Å². The summed E-state index contributed by atoms with van der Waals surface area (Å²) >= 11 is 0. The molecule has 0 aliphatic heterocycles. The molecule has 0 spiro atoms. The Morgan fingerprint density at radius 2 is 0.875 bits per heavy atom. The summed E-state index contributed by atoms with van der Waals surface area (Å²) in [5, 5.41) is 0. The first-order valence-corrected chi connectivity index (χ1v) is 5.89. The van der Waals surface area contributed by atoms with Gasteiger partial charge in [-0.3, -0.25) is 0 Å². The molecule has 0 aliphatic carbocycles. The largest absolute Gasteiger partial charge is 0.0622 e. The van der Waals surface area contributed by atoms with Crippen molar-refractivity contribution in [3.8, 4) is 0 Å². The van der Waals surface area contributed by atoms with Crippen molar-refractivity contribution in [1.82, 2.24) is 0 Å². The Morgan fingerprint density at radius 1 is 0.562 bits per heavy atom. The van der Waals surface area contributed by atoms with E-state index in [-0.39, 0.29) is 0 Å². The second-order valence-corrected chi connectivity index (χ2v) is 4.40. The summed E-state index contributed by atoms with van der Waals surface area (Å²) in [7, 11) is 0. The van der Waals surface area contributed by atoms with Crippen molar-refractivity contribution in [2.75, 3.05) is 0 Å². The zero-order chi connectivity index (χ0) is 11.4. The Labute approximate surface area is 97.9 Å². The highest BCUT2D eigenvalue weighted by Crippen LogP contribution is 2.31. The van der Waals surface area contributed by atoms with Crippen molar-refractivity contribution in [2.45, 2.75) is 25.7 Å². The molecule has 0 saturated carbocycles. The van der Waals surface area contributed by atoms with E-state index in [1.165, 1.54) is 11.1 Å². The van der Waals surface area contributed by atoms with E-state index in [0.29, 0.717) is 11.8 Å². The van der Waals surface area contributed by atoms with Crippen molar-refractivity contribution in [3.63, 3.8) is 0 Å². The number of hydrogen-bond donors (Lipinski definition) is 0. The highest BCUT2D eigenvalue weighted by Gasteiger charge is 2.15. The first kappa shape index (κ1) is 10.9. The van der Waals surface area contributed by atoms with Crippen molar-refractivity contribution < 1.29 is 0 Å². The van der Waals surface area contributed by atoms with Crippen LogP contribution in [0.1, 0.15) is 36.8 Å². The van der Waals surface area contributed by atoms with Crippen LogP contribution >= 0.6 is 0 Å². The molecular formula is C16H18. The third-order valence-corrected chi connectivity index (χ3v) is 3.40. The Balaban J connectivity index is 2.20. The molecule has 0 N–H and O–H groups in total. The quantitative estimate of drug-likeness (QED) is 0.695. The lowest BCUT2D eigenvalue weighted by Crippen LogP contribution is -2.04. The standard InChI is InChI=1S/C16H18/c1-13(15-9-5-3-6-10-15)14(2)16-11-7-4-8-12-16/h3-14H,1-2H3. The third-order valence-electron chi connectivity index (χ3n) is 3.40. The van der Waals surface area contributed by atoms with E-state index < -0.39 is 0 Å². The molecule has 2 unspecified atom stereocenters. The zero-order valence-electron chi connectivity index (χ0n) is 9.93. The van der Waals surface area contributed by atoms with E-state index in [2.05, 4.69) is 74.5 Å². The molecule has 2 aromatic rings. The Kier molecular flexibility index (Phi) is 3.40. The fourth-order valence-electron chi connectivity index (χ4n) is 2.09. The summed E-state index contributed by atoms with van der Waals surface area (Å²) in [6.45, 7) is 4.60. The first-order chi connectivity index (χ1) is 7.79. The molecule has 0 heterocycles. The minimum atomic E-state index is 0.559. The molecular weight excluding hydrogens is 192 g/mol. The average Bonchev–Trinajstić information content (AvgIpc) is 2.39. The van der Waals surface area contributed by atoms with Crippen LogP contribution in [0.4, 0.5) is 0 Å². The van der Waals surface area contributed by atoms with Crippen LogP contribution in [0.3, 0.4) is 0 Å². The van der Waals surface area contributed by atoms with Gasteiger partial charge in [-0.25, -0.2) is 0 Å². The van der Waals surface area contributed by atoms with Gasteiger partial charge in [0, 0.05) is 0 Å². The van der Waals surface area contributed by atoms with Crippen LogP contribution < -0.4 is 0 Å². The summed E-state index contributed by atoms with van der Waals surface area (Å²) in [6.07, 6.45) is 0. The molecule has 0 nitrogen and oxygen atoms in total. The summed E-state index contributed by atoms with van der Waals surface area (Å²) in [4.78, 5) is 0. The lowest BCUT2D eigenvalue weighted by Gasteiger charge is -2.20. The van der Waals surface area contributed by atoms with Crippen molar-refractivity contribution in [2.24, 2.45) is 0 Å². The Morgan fingerprint density at radius 3 is 1.19 bits per heavy atom. The maximum atomic E-state index is 2.30. The first-order valence-electron chi connectivity index (χ1n) is 5.89. The molecule has 2 aromatic carbocycles. The molecule has 0 aliphatic rings. The van der Waals surface area contributed by atoms with Crippen molar-refractivity contribution in [3.05, 3.63) is 71.8 Å². The van der Waals surface area contributed by atoms with Crippen LogP contribution in [-0.4, -0.2) is 0 Å². The van der Waals surface area contributed by atoms with Crippen molar-refractivity contribution in [1.29, 1.82) is 0 Å². The summed E-state index contributed by atoms with van der Waals surface area (Å²) in [6, 6.07) is 21.5. The molecule has 16 heavy (non-hydrogen) atoms. The molecule has 0 saturated heterocycles. The van der Waals surface area contributed by atoms with Gasteiger partial charge in [-0.15, -0.1) is 0 Å². The molecule has 2 atom stereocenters. The average molecular weight is 210 g/mol. The molecule has 0 amide bonds. The summed E-state index contributed by atoms with van der Waals surface area (Å²) < 4.78 is 0. The molecule has 0 heteroatoms. The molecule has 0 bridgehead atoms. The van der Waals surface area contributed by atoms with Gasteiger partial charge in [0.2, 0.25) is 0 Å². The van der Waals surface area contributed by atoms with Crippen LogP contribution in [0.5, 0.6) is 0 Å². The van der Waals surface area contributed by atoms with Gasteiger partial charge < -0.3 is 0 Å². The van der Waals surface area contributed by atoms with E-state index in [4.69, 9.17) is 0 Å². The van der Waals surface area contributed by atoms with Crippen LogP contribution in [0, 0.1) is 0 Å². The van der Waals surface area contributed by atoms with Crippen LogP contribution in [-0.2, 0) is 0 Å². The van der Waals surface area contributed by atoms with E-state index in [1.807, 2.05) is 0 Å². The van der Waals surface area contributed by atoms with E-state index in [9.17, 15) is 0 Å². The number of rotatable bonds is 3. The van der Waals surface area contributed by atoms with E-state index in [0.717, 1.165) is 0 Å². The Bertz CT molecular complexity index is 373. The lowest BCUT2D eigenvalue weighted by atomic mass is 9.84. The van der Waals surface area contributed by atoms with Crippen LogP contribution in [0.15, 0.2) is 60.7 Å². The summed E-state index contributed by atoms with van der Waals surface area (Å²) in [5.41, 5.74) is 2.83. The fraction of sp³-hybridized carbons (Fsp3) is 0.250. The maximum Gasteiger partial charge on any atom is -0.0124 e. The van der Waals surface area contributed by atoms with Gasteiger partial charge in [0.05, 0.1) is 0 Å². The number of benzene rings is 2. The smallest absolute Gasteiger partial charge is 0.0124 e. The maximum absolute atomic E-state index is 2.30. The van der Waals surface area contributed by atoms with Crippen LogP contribution in [0.25, 0.3) is 0 Å². The molecule has 0 radical (unpaired) electrons. The highest BCUT2D eigenvalue weighted by atomic mass is 14.2. The van der Waals surface area contributed by atoms with Crippen LogP contribution in [0.2, 0.25) is 0 Å². The molecule has 82 valence electrons. The predicted molar refractivity (Wildman–Crippen MR) is 69.7 cm³/mol. The second kappa shape index (κ2) is 4.98. The van der Waals surface area contributed by atoms with Gasteiger partial charge in [-0.05, 0) is 23.0 Å². The van der Waals surface area contributed by atoms with Gasteiger partial charge in [0.15, 0.2) is 0 Å². The topological polar surface area (TPSA) is 0 Å². The molecule has 0 fully saturated rings. The fourth-order valence-corrected chi connectivity index (χ4v) is 2.09. The SMILES string of the molecule is CC(c1ccccc1)C(C)c1ccccc1.